The summed E-state index contributed by atoms with van der Waals surface area (Å²) in [6.45, 7) is 11.6. The van der Waals surface area contributed by atoms with E-state index in [-0.39, 0.29) is 0 Å². The van der Waals surface area contributed by atoms with E-state index in [1.54, 1.807) is 0 Å². The van der Waals surface area contributed by atoms with Crippen LogP contribution >= 0.6 is 9.24 Å². The van der Waals surface area contributed by atoms with E-state index in [9.17, 15) is 0 Å². The molecule has 0 radical (unpaired) electrons. The maximum Gasteiger partial charge on any atom is -0.0238 e. The first-order chi connectivity index (χ1) is 4.95. The standard InChI is InChI=1S/C10H23P/c1-7(2)9(5)6-10(11)8(3)4/h7-10H,6,11H2,1-5H3. The summed E-state index contributed by atoms with van der Waals surface area (Å²) in [5.41, 5.74) is 0.799. The largest absolute Gasteiger partial charge is 0.134 e. The van der Waals surface area contributed by atoms with Gasteiger partial charge in [0.1, 0.15) is 0 Å². The molecule has 11 heavy (non-hydrogen) atoms. The molecule has 0 amide bonds. The Kier molecular flexibility index (Phi) is 5.34. The summed E-state index contributed by atoms with van der Waals surface area (Å²) >= 11 is 0. The first-order valence-corrected chi connectivity index (χ1v) is 5.37. The van der Waals surface area contributed by atoms with Crippen LogP contribution in [0.5, 0.6) is 0 Å². The zero-order chi connectivity index (χ0) is 9.02. The SMILES string of the molecule is CC(C)C(C)CC(P)C(C)C. The first-order valence-electron chi connectivity index (χ1n) is 4.70. The molecule has 0 aromatic carbocycles. The molecule has 0 aliphatic heterocycles. The van der Waals surface area contributed by atoms with Crippen LogP contribution in [0.4, 0.5) is 0 Å². The molecule has 0 aliphatic rings. The van der Waals surface area contributed by atoms with Gasteiger partial charge in [-0.1, -0.05) is 34.6 Å². The van der Waals surface area contributed by atoms with Gasteiger partial charge < -0.3 is 0 Å². The molecule has 0 spiro atoms. The van der Waals surface area contributed by atoms with Crippen LogP contribution in [-0.4, -0.2) is 5.66 Å². The van der Waals surface area contributed by atoms with E-state index in [0.29, 0.717) is 0 Å². The monoisotopic (exact) mass is 174 g/mol. The van der Waals surface area contributed by atoms with Gasteiger partial charge in [-0.3, -0.25) is 0 Å². The van der Waals surface area contributed by atoms with E-state index in [2.05, 4.69) is 43.9 Å². The van der Waals surface area contributed by atoms with Crippen molar-refractivity contribution in [2.24, 2.45) is 17.8 Å². The predicted octanol–water partition coefficient (Wildman–Crippen LogP) is 3.57. The van der Waals surface area contributed by atoms with Gasteiger partial charge in [-0.15, -0.1) is 9.24 Å². The van der Waals surface area contributed by atoms with Gasteiger partial charge in [0.05, 0.1) is 0 Å². The van der Waals surface area contributed by atoms with E-state index in [4.69, 9.17) is 0 Å². The second-order valence-corrected chi connectivity index (χ2v) is 5.22. The third kappa shape index (κ3) is 4.80. The van der Waals surface area contributed by atoms with Crippen molar-refractivity contribution in [2.75, 3.05) is 0 Å². The van der Waals surface area contributed by atoms with Gasteiger partial charge >= 0.3 is 0 Å². The Morgan fingerprint density at radius 3 is 1.64 bits per heavy atom. The molecule has 0 fully saturated rings. The van der Waals surface area contributed by atoms with Crippen molar-refractivity contribution in [3.05, 3.63) is 0 Å². The van der Waals surface area contributed by atoms with Crippen LogP contribution in [0.3, 0.4) is 0 Å². The second-order valence-electron chi connectivity index (χ2n) is 4.36. The minimum atomic E-state index is 0.799. The highest BCUT2D eigenvalue weighted by Crippen LogP contribution is 2.24. The molecule has 0 aromatic rings. The van der Waals surface area contributed by atoms with E-state index >= 15 is 0 Å². The van der Waals surface area contributed by atoms with Crippen LogP contribution < -0.4 is 0 Å². The smallest absolute Gasteiger partial charge is 0.0238 e. The Bertz CT molecular complexity index is 85.0. The van der Waals surface area contributed by atoms with Gasteiger partial charge in [0.25, 0.3) is 0 Å². The van der Waals surface area contributed by atoms with Crippen LogP contribution in [0.25, 0.3) is 0 Å². The van der Waals surface area contributed by atoms with Crippen LogP contribution in [-0.2, 0) is 0 Å². The van der Waals surface area contributed by atoms with E-state index < -0.39 is 0 Å². The van der Waals surface area contributed by atoms with Gasteiger partial charge in [0, 0.05) is 0 Å². The molecule has 0 aliphatic carbocycles. The molecule has 0 aromatic heterocycles. The summed E-state index contributed by atoms with van der Waals surface area (Å²) in [5, 5.41) is 0. The summed E-state index contributed by atoms with van der Waals surface area (Å²) in [4.78, 5) is 0. The van der Waals surface area contributed by atoms with Gasteiger partial charge in [-0.2, -0.15) is 0 Å². The Labute approximate surface area is 74.4 Å². The molecule has 0 nitrogen and oxygen atoms in total. The Balaban J connectivity index is 3.66. The molecule has 0 bridgehead atoms. The molecule has 3 unspecified atom stereocenters. The molecule has 1 heteroatoms. The number of hydrogen-bond donors (Lipinski definition) is 0. The van der Waals surface area contributed by atoms with Crippen molar-refractivity contribution >= 4 is 9.24 Å². The Hall–Kier alpha value is 0.430. The van der Waals surface area contributed by atoms with Gasteiger partial charge in [0.15, 0.2) is 0 Å². The molecular weight excluding hydrogens is 151 g/mol. The first kappa shape index (κ1) is 11.4. The lowest BCUT2D eigenvalue weighted by atomic mass is 9.90. The minimum Gasteiger partial charge on any atom is -0.134 e. The molecule has 0 rings (SSSR count). The molecule has 0 saturated carbocycles. The molecule has 0 saturated heterocycles. The number of hydrogen-bond acceptors (Lipinski definition) is 0. The highest BCUT2D eigenvalue weighted by atomic mass is 31.0. The van der Waals surface area contributed by atoms with E-state index in [0.717, 1.165) is 23.4 Å². The minimum absolute atomic E-state index is 0.799. The van der Waals surface area contributed by atoms with Crippen molar-refractivity contribution < 1.29 is 0 Å². The van der Waals surface area contributed by atoms with E-state index in [1.165, 1.54) is 6.42 Å². The van der Waals surface area contributed by atoms with Crippen LogP contribution in [0.15, 0.2) is 0 Å². The Morgan fingerprint density at radius 1 is 0.909 bits per heavy atom. The predicted molar refractivity (Wildman–Crippen MR) is 57.0 cm³/mol. The average molecular weight is 174 g/mol. The highest BCUT2D eigenvalue weighted by Gasteiger charge is 2.14. The van der Waals surface area contributed by atoms with Crippen molar-refractivity contribution in [1.82, 2.24) is 0 Å². The summed E-state index contributed by atoms with van der Waals surface area (Å²) in [7, 11) is 2.96. The lowest BCUT2D eigenvalue weighted by Gasteiger charge is -2.22. The lowest BCUT2D eigenvalue weighted by Crippen LogP contribution is -2.15. The lowest BCUT2D eigenvalue weighted by molar-refractivity contribution is 0.365. The second kappa shape index (κ2) is 5.14. The van der Waals surface area contributed by atoms with Crippen molar-refractivity contribution in [3.63, 3.8) is 0 Å². The zero-order valence-electron chi connectivity index (χ0n) is 8.59. The summed E-state index contributed by atoms with van der Waals surface area (Å²) in [6.07, 6.45) is 1.35. The molecule has 0 heterocycles. The quantitative estimate of drug-likeness (QED) is 0.571. The van der Waals surface area contributed by atoms with Crippen LogP contribution in [0, 0.1) is 17.8 Å². The number of rotatable bonds is 4. The fourth-order valence-corrected chi connectivity index (χ4v) is 1.40. The third-order valence-corrected chi connectivity index (χ3v) is 3.68. The van der Waals surface area contributed by atoms with Gasteiger partial charge in [-0.25, -0.2) is 0 Å². The fourth-order valence-electron chi connectivity index (χ4n) is 0.974. The van der Waals surface area contributed by atoms with Gasteiger partial charge in [-0.05, 0) is 29.8 Å². The zero-order valence-corrected chi connectivity index (χ0v) is 9.75. The Morgan fingerprint density at radius 2 is 1.36 bits per heavy atom. The maximum atomic E-state index is 2.96. The molecular formula is C10H23P. The van der Waals surface area contributed by atoms with Crippen molar-refractivity contribution in [3.8, 4) is 0 Å². The molecule has 3 atom stereocenters. The normalized spacial score (nSPS) is 17.5. The van der Waals surface area contributed by atoms with Crippen molar-refractivity contribution in [1.29, 1.82) is 0 Å². The van der Waals surface area contributed by atoms with Crippen molar-refractivity contribution in [2.45, 2.75) is 46.7 Å². The average Bonchev–Trinajstić information content (AvgIpc) is 1.87. The fraction of sp³-hybridized carbons (Fsp3) is 1.00. The highest BCUT2D eigenvalue weighted by molar-refractivity contribution is 7.17. The van der Waals surface area contributed by atoms with E-state index in [1.807, 2.05) is 0 Å². The third-order valence-electron chi connectivity index (χ3n) is 2.64. The summed E-state index contributed by atoms with van der Waals surface area (Å²) in [5.74, 6) is 2.50. The summed E-state index contributed by atoms with van der Waals surface area (Å²) < 4.78 is 0. The topological polar surface area (TPSA) is 0 Å². The van der Waals surface area contributed by atoms with Gasteiger partial charge in [0.2, 0.25) is 0 Å². The van der Waals surface area contributed by atoms with Crippen LogP contribution in [0.2, 0.25) is 0 Å². The molecule has 68 valence electrons. The van der Waals surface area contributed by atoms with Crippen LogP contribution in [0.1, 0.15) is 41.0 Å². The summed E-state index contributed by atoms with van der Waals surface area (Å²) in [6, 6.07) is 0. The maximum absolute atomic E-state index is 2.96. The molecule has 0 N–H and O–H groups in total.